The van der Waals surface area contributed by atoms with Crippen LogP contribution in [0.5, 0.6) is 0 Å². The number of amides is 2. The van der Waals surface area contributed by atoms with Crippen molar-refractivity contribution in [2.45, 2.75) is 35.8 Å². The number of fused-ring (bicyclic) bond motifs is 3. The molecule has 1 saturated carbocycles. The van der Waals surface area contributed by atoms with E-state index >= 15 is 0 Å². The van der Waals surface area contributed by atoms with Crippen molar-refractivity contribution < 1.29 is 9.59 Å². The van der Waals surface area contributed by atoms with E-state index in [9.17, 15) is 9.59 Å². The van der Waals surface area contributed by atoms with Gasteiger partial charge >= 0.3 is 0 Å². The fourth-order valence-electron chi connectivity index (χ4n) is 4.71. The molecule has 3 heterocycles. The molecule has 6 nitrogen and oxygen atoms in total. The Hall–Kier alpha value is -2.71. The molecule has 0 radical (unpaired) electrons. The van der Waals surface area contributed by atoms with E-state index in [4.69, 9.17) is 4.98 Å². The molecule has 0 unspecified atom stereocenters. The van der Waals surface area contributed by atoms with E-state index in [1.807, 2.05) is 42.5 Å². The lowest BCUT2D eigenvalue weighted by Gasteiger charge is -2.19. The molecule has 1 aliphatic carbocycles. The molecule has 0 bridgehead atoms. The van der Waals surface area contributed by atoms with E-state index in [0.29, 0.717) is 11.4 Å². The second-order valence-corrected chi connectivity index (χ2v) is 10.4. The Morgan fingerprint density at radius 1 is 1.00 bits per heavy atom. The van der Waals surface area contributed by atoms with E-state index in [1.165, 1.54) is 4.90 Å². The molecule has 2 atom stereocenters. The van der Waals surface area contributed by atoms with Crippen LogP contribution < -0.4 is 4.90 Å². The fourth-order valence-corrected chi connectivity index (χ4v) is 6.69. The second-order valence-electron chi connectivity index (χ2n) is 8.13. The lowest BCUT2D eigenvalue weighted by molar-refractivity contribution is -0.122. The van der Waals surface area contributed by atoms with Crippen molar-refractivity contribution in [3.63, 3.8) is 0 Å². The number of hydrogen-bond donors (Lipinski definition) is 1. The maximum absolute atomic E-state index is 12.9. The summed E-state index contributed by atoms with van der Waals surface area (Å²) in [7, 11) is 0. The Kier molecular flexibility index (Phi) is 4.57. The molecule has 1 saturated heterocycles. The lowest BCUT2D eigenvalue weighted by atomic mass is 9.81. The van der Waals surface area contributed by atoms with E-state index in [2.05, 4.69) is 9.97 Å². The van der Waals surface area contributed by atoms with Gasteiger partial charge in [-0.05, 0) is 43.2 Å². The summed E-state index contributed by atoms with van der Waals surface area (Å²) in [5.74, 6) is 1.30. The van der Waals surface area contributed by atoms with E-state index in [0.717, 1.165) is 57.1 Å². The Bertz CT molecular complexity index is 1270. The largest absolute Gasteiger partial charge is 0.341 e. The third-order valence-corrected chi connectivity index (χ3v) is 8.39. The average Bonchev–Trinajstić information content (AvgIpc) is 3.46. The van der Waals surface area contributed by atoms with Gasteiger partial charge in [0.05, 0.1) is 44.5 Å². The minimum Gasteiger partial charge on any atom is -0.341 e. The van der Waals surface area contributed by atoms with Gasteiger partial charge in [-0.3, -0.25) is 14.5 Å². The van der Waals surface area contributed by atoms with Crippen LogP contribution in [0.15, 0.2) is 46.8 Å². The van der Waals surface area contributed by atoms with Crippen LogP contribution in [-0.4, -0.2) is 26.8 Å². The van der Waals surface area contributed by atoms with Crippen LogP contribution in [0.1, 0.15) is 31.5 Å². The number of imidazole rings is 1. The molecule has 2 aromatic carbocycles. The van der Waals surface area contributed by atoms with Crippen LogP contribution in [0, 0.1) is 11.8 Å². The molecule has 2 aromatic heterocycles. The van der Waals surface area contributed by atoms with Gasteiger partial charge in [0, 0.05) is 0 Å². The van der Waals surface area contributed by atoms with E-state index in [-0.39, 0.29) is 23.7 Å². The van der Waals surface area contributed by atoms with Crippen LogP contribution in [0.3, 0.4) is 0 Å². The minimum atomic E-state index is -0.131. The Morgan fingerprint density at radius 3 is 2.55 bits per heavy atom. The third kappa shape index (κ3) is 3.25. The fraction of sp³-hybridized carbons (Fsp3) is 0.304. The van der Waals surface area contributed by atoms with Gasteiger partial charge in [-0.15, -0.1) is 11.3 Å². The molecule has 8 heteroatoms. The van der Waals surface area contributed by atoms with Crippen LogP contribution in [0.4, 0.5) is 5.69 Å². The van der Waals surface area contributed by atoms with Gasteiger partial charge in [0.15, 0.2) is 4.34 Å². The van der Waals surface area contributed by atoms with Crippen molar-refractivity contribution in [2.75, 3.05) is 4.90 Å². The van der Waals surface area contributed by atoms with Crippen LogP contribution in [-0.2, 0) is 15.3 Å². The summed E-state index contributed by atoms with van der Waals surface area (Å²) in [5.41, 5.74) is 3.56. The van der Waals surface area contributed by atoms with Crippen LogP contribution in [0.25, 0.3) is 21.3 Å². The molecule has 2 fully saturated rings. The number of nitrogens with zero attached hydrogens (tertiary/aromatic N) is 3. The van der Waals surface area contributed by atoms with Crippen molar-refractivity contribution >= 4 is 61.9 Å². The van der Waals surface area contributed by atoms with E-state index < -0.39 is 0 Å². The molecule has 4 aromatic rings. The summed E-state index contributed by atoms with van der Waals surface area (Å²) >= 11 is 3.22. The van der Waals surface area contributed by atoms with Crippen molar-refractivity contribution in [3.05, 3.63) is 48.3 Å². The zero-order chi connectivity index (χ0) is 20.9. The standard InChI is InChI=1S/C23H20N4O2S2/c28-21-14-5-1-2-6-15(14)22(29)27(21)13-9-10-18-19(11-13)31-23(26-18)30-12-20-24-16-7-3-4-8-17(16)25-20/h3-4,7-11,14-15H,1-2,5-6,12H2,(H,24,25)/t14-,15+. The highest BCUT2D eigenvalue weighted by molar-refractivity contribution is 8.00. The highest BCUT2D eigenvalue weighted by atomic mass is 32.2. The summed E-state index contributed by atoms with van der Waals surface area (Å²) in [5, 5.41) is 0. The molecule has 31 heavy (non-hydrogen) atoms. The monoisotopic (exact) mass is 448 g/mol. The first kappa shape index (κ1) is 19.0. The van der Waals surface area contributed by atoms with Crippen LogP contribution >= 0.6 is 23.1 Å². The summed E-state index contributed by atoms with van der Waals surface area (Å²) in [6.45, 7) is 0. The predicted octanol–water partition coefficient (Wildman–Crippen LogP) is 5.14. The average molecular weight is 449 g/mol. The topological polar surface area (TPSA) is 79.0 Å². The lowest BCUT2D eigenvalue weighted by Crippen LogP contribution is -2.30. The molecular formula is C23H20N4O2S2. The molecule has 1 N–H and O–H groups in total. The molecule has 6 rings (SSSR count). The number of H-pyrrole nitrogens is 1. The number of carbonyl (C=O) groups excluding carboxylic acids is 2. The zero-order valence-electron chi connectivity index (χ0n) is 16.7. The number of rotatable bonds is 4. The van der Waals surface area contributed by atoms with Gasteiger partial charge in [-0.2, -0.15) is 0 Å². The molecule has 0 spiro atoms. The van der Waals surface area contributed by atoms with Gasteiger partial charge in [0.1, 0.15) is 5.82 Å². The van der Waals surface area contributed by atoms with Crippen LogP contribution in [0.2, 0.25) is 0 Å². The highest BCUT2D eigenvalue weighted by Gasteiger charge is 2.48. The number of thiazole rings is 1. The molecule has 1 aliphatic heterocycles. The molecular weight excluding hydrogens is 428 g/mol. The maximum Gasteiger partial charge on any atom is 0.237 e. The molecule has 156 valence electrons. The van der Waals surface area contributed by atoms with Gasteiger partial charge in [0.2, 0.25) is 11.8 Å². The zero-order valence-corrected chi connectivity index (χ0v) is 18.3. The van der Waals surface area contributed by atoms with Crippen molar-refractivity contribution in [3.8, 4) is 0 Å². The van der Waals surface area contributed by atoms with Crippen molar-refractivity contribution in [1.29, 1.82) is 0 Å². The highest BCUT2D eigenvalue weighted by Crippen LogP contribution is 2.41. The number of hydrogen-bond acceptors (Lipinski definition) is 6. The van der Waals surface area contributed by atoms with Crippen molar-refractivity contribution in [1.82, 2.24) is 15.0 Å². The quantitative estimate of drug-likeness (QED) is 0.345. The van der Waals surface area contributed by atoms with Gasteiger partial charge in [-0.25, -0.2) is 9.97 Å². The summed E-state index contributed by atoms with van der Waals surface area (Å²) in [6.07, 6.45) is 3.73. The number of para-hydroxylation sites is 2. The number of benzene rings is 2. The Labute approximate surface area is 187 Å². The number of anilines is 1. The molecule has 2 aliphatic rings. The smallest absolute Gasteiger partial charge is 0.237 e. The summed E-state index contributed by atoms with van der Waals surface area (Å²) in [6, 6.07) is 13.7. The first-order valence-corrected chi connectivity index (χ1v) is 12.3. The number of thioether (sulfide) groups is 1. The minimum absolute atomic E-state index is 0.0296. The number of nitrogens with one attached hydrogen (secondary N) is 1. The number of carbonyl (C=O) groups is 2. The first-order valence-electron chi connectivity index (χ1n) is 10.5. The normalized spacial score (nSPS) is 21.4. The SMILES string of the molecule is O=C1[C@H]2CCCC[C@H]2C(=O)N1c1ccc2nc(SCc3nc4ccccc4[nH]3)sc2c1. The van der Waals surface area contributed by atoms with Crippen molar-refractivity contribution in [2.24, 2.45) is 11.8 Å². The Morgan fingerprint density at radius 2 is 1.77 bits per heavy atom. The third-order valence-electron chi connectivity index (χ3n) is 6.22. The number of aromatic amines is 1. The summed E-state index contributed by atoms with van der Waals surface area (Å²) in [4.78, 5) is 39.9. The molecule has 2 amide bonds. The van der Waals surface area contributed by atoms with Gasteiger partial charge in [0.25, 0.3) is 0 Å². The number of imide groups is 1. The summed E-state index contributed by atoms with van der Waals surface area (Å²) < 4.78 is 1.93. The van der Waals surface area contributed by atoms with E-state index in [1.54, 1.807) is 23.1 Å². The van der Waals surface area contributed by atoms with Gasteiger partial charge < -0.3 is 4.98 Å². The van der Waals surface area contributed by atoms with Gasteiger partial charge in [-0.1, -0.05) is 36.7 Å². The maximum atomic E-state index is 12.9. The predicted molar refractivity (Wildman–Crippen MR) is 123 cm³/mol. The Balaban J connectivity index is 1.24. The second kappa shape index (κ2) is 7.46. The number of aromatic nitrogens is 3. The first-order chi connectivity index (χ1) is 15.2.